The normalized spacial score (nSPS) is 11.3. The van der Waals surface area contributed by atoms with Gasteiger partial charge in [0.2, 0.25) is 5.91 Å². The van der Waals surface area contributed by atoms with Gasteiger partial charge in [0.15, 0.2) is 0 Å². The largest absolute Gasteiger partial charge is 0.478 e. The first-order valence-electron chi connectivity index (χ1n) is 5.30. The molecule has 0 atom stereocenters. The van der Waals surface area contributed by atoms with Crippen LogP contribution in [0, 0.1) is 0 Å². The summed E-state index contributed by atoms with van der Waals surface area (Å²) >= 11 is 0. The lowest BCUT2D eigenvalue weighted by Crippen LogP contribution is -2.11. The zero-order valence-electron chi connectivity index (χ0n) is 9.86. The van der Waals surface area contributed by atoms with E-state index in [0.717, 1.165) is 11.1 Å². The fourth-order valence-electron chi connectivity index (χ4n) is 1.53. The van der Waals surface area contributed by atoms with E-state index in [2.05, 4.69) is 0 Å². The topological polar surface area (TPSA) is 80.4 Å². The van der Waals surface area contributed by atoms with Crippen LogP contribution >= 0.6 is 0 Å². The van der Waals surface area contributed by atoms with Crippen molar-refractivity contribution in [3.8, 4) is 0 Å². The number of rotatable bonds is 4. The number of nitrogens with two attached hydrogens (primary N) is 1. The lowest BCUT2D eigenvalue weighted by Gasteiger charge is -2.05. The van der Waals surface area contributed by atoms with Crippen LogP contribution in [0.2, 0.25) is 0 Å². The second-order valence-corrected chi connectivity index (χ2v) is 3.77. The number of carboxylic acid groups (broad SMARTS) is 1. The standard InChI is InChI=1S/C13H15NO3/c1-3-10-7-9(6-8(2)12(14)15)4-5-11(10)13(16)17/h4-7H,3H2,1-2H3,(H2,14,15)(H,16,17). The second kappa shape index (κ2) is 5.30. The Kier molecular flexibility index (Phi) is 4.04. The lowest BCUT2D eigenvalue weighted by atomic mass is 10.0. The first-order valence-corrected chi connectivity index (χ1v) is 5.30. The molecule has 0 unspecified atom stereocenters. The molecule has 0 radical (unpaired) electrons. The van der Waals surface area contributed by atoms with Gasteiger partial charge in [-0.1, -0.05) is 19.1 Å². The molecule has 0 aliphatic carbocycles. The van der Waals surface area contributed by atoms with E-state index in [4.69, 9.17) is 10.8 Å². The van der Waals surface area contributed by atoms with Gasteiger partial charge in [0, 0.05) is 5.57 Å². The van der Waals surface area contributed by atoms with E-state index in [1.54, 1.807) is 31.2 Å². The van der Waals surface area contributed by atoms with Crippen LogP contribution in [0.15, 0.2) is 23.8 Å². The van der Waals surface area contributed by atoms with Crippen LogP contribution in [-0.4, -0.2) is 17.0 Å². The van der Waals surface area contributed by atoms with Crippen molar-refractivity contribution < 1.29 is 14.7 Å². The predicted molar refractivity (Wildman–Crippen MR) is 65.6 cm³/mol. The summed E-state index contributed by atoms with van der Waals surface area (Å²) in [5, 5.41) is 8.97. The molecule has 0 aromatic heterocycles. The van der Waals surface area contributed by atoms with E-state index >= 15 is 0 Å². The molecule has 90 valence electrons. The fraction of sp³-hybridized carbons (Fsp3) is 0.231. The quantitative estimate of drug-likeness (QED) is 0.778. The zero-order valence-corrected chi connectivity index (χ0v) is 9.86. The molecule has 0 spiro atoms. The monoisotopic (exact) mass is 233 g/mol. The Balaban J connectivity index is 3.19. The van der Waals surface area contributed by atoms with Crippen molar-refractivity contribution in [1.82, 2.24) is 0 Å². The Labute approximate surface area is 99.8 Å². The molecule has 1 aromatic carbocycles. The van der Waals surface area contributed by atoms with Gasteiger partial charge in [-0.25, -0.2) is 4.79 Å². The van der Waals surface area contributed by atoms with Crippen LogP contribution in [0.5, 0.6) is 0 Å². The van der Waals surface area contributed by atoms with Crippen LogP contribution in [0.4, 0.5) is 0 Å². The number of hydrogen-bond acceptors (Lipinski definition) is 2. The smallest absolute Gasteiger partial charge is 0.335 e. The molecule has 17 heavy (non-hydrogen) atoms. The van der Waals surface area contributed by atoms with Gasteiger partial charge in [-0.05, 0) is 36.6 Å². The molecule has 1 rings (SSSR count). The van der Waals surface area contributed by atoms with Crippen LogP contribution < -0.4 is 5.73 Å². The number of aryl methyl sites for hydroxylation is 1. The van der Waals surface area contributed by atoms with Crippen molar-refractivity contribution >= 4 is 18.0 Å². The molecule has 0 saturated carbocycles. The average Bonchev–Trinajstić information content (AvgIpc) is 2.28. The van der Waals surface area contributed by atoms with Crippen molar-refractivity contribution in [3.63, 3.8) is 0 Å². The molecule has 3 N–H and O–H groups in total. The van der Waals surface area contributed by atoms with Gasteiger partial charge in [-0.15, -0.1) is 0 Å². The van der Waals surface area contributed by atoms with Crippen molar-refractivity contribution in [2.45, 2.75) is 20.3 Å². The van der Waals surface area contributed by atoms with Crippen LogP contribution in [0.3, 0.4) is 0 Å². The average molecular weight is 233 g/mol. The van der Waals surface area contributed by atoms with Gasteiger partial charge in [-0.3, -0.25) is 4.79 Å². The third-order valence-corrected chi connectivity index (χ3v) is 2.51. The van der Waals surface area contributed by atoms with Crippen LogP contribution in [-0.2, 0) is 11.2 Å². The van der Waals surface area contributed by atoms with Crippen LogP contribution in [0.25, 0.3) is 6.08 Å². The number of amides is 1. The molecule has 0 aliphatic rings. The minimum absolute atomic E-state index is 0.293. The Morgan fingerprint density at radius 2 is 2.06 bits per heavy atom. The number of primary amides is 1. The third kappa shape index (κ3) is 3.17. The minimum Gasteiger partial charge on any atom is -0.478 e. The fourth-order valence-corrected chi connectivity index (χ4v) is 1.53. The number of carbonyl (C=O) groups excluding carboxylic acids is 1. The SMILES string of the molecule is CCc1cc(C=C(C)C(N)=O)ccc1C(=O)O. The number of hydrogen-bond donors (Lipinski definition) is 2. The summed E-state index contributed by atoms with van der Waals surface area (Å²) in [5.41, 5.74) is 7.38. The maximum absolute atomic E-state index is 10.9. The van der Waals surface area contributed by atoms with Crippen molar-refractivity contribution in [2.24, 2.45) is 5.73 Å². The van der Waals surface area contributed by atoms with E-state index in [0.29, 0.717) is 17.6 Å². The molecule has 1 aromatic rings. The zero-order chi connectivity index (χ0) is 13.0. The predicted octanol–water partition coefficient (Wildman–Crippen LogP) is 1.84. The first-order chi connectivity index (χ1) is 7.95. The highest BCUT2D eigenvalue weighted by atomic mass is 16.4. The van der Waals surface area contributed by atoms with E-state index < -0.39 is 11.9 Å². The van der Waals surface area contributed by atoms with Gasteiger partial charge in [-0.2, -0.15) is 0 Å². The highest BCUT2D eigenvalue weighted by Gasteiger charge is 2.08. The Morgan fingerprint density at radius 1 is 1.41 bits per heavy atom. The van der Waals surface area contributed by atoms with Gasteiger partial charge >= 0.3 is 5.97 Å². The van der Waals surface area contributed by atoms with E-state index in [1.165, 1.54) is 0 Å². The molecular formula is C13H15NO3. The van der Waals surface area contributed by atoms with Crippen molar-refractivity contribution in [1.29, 1.82) is 0 Å². The summed E-state index contributed by atoms with van der Waals surface area (Å²) in [7, 11) is 0. The summed E-state index contributed by atoms with van der Waals surface area (Å²) in [6, 6.07) is 4.96. The van der Waals surface area contributed by atoms with Crippen molar-refractivity contribution in [2.75, 3.05) is 0 Å². The molecule has 0 fully saturated rings. The summed E-state index contributed by atoms with van der Waals surface area (Å²) in [4.78, 5) is 21.8. The van der Waals surface area contributed by atoms with Crippen LogP contribution in [0.1, 0.15) is 35.3 Å². The molecule has 0 aliphatic heterocycles. The molecule has 4 nitrogen and oxygen atoms in total. The van der Waals surface area contributed by atoms with Gasteiger partial charge < -0.3 is 10.8 Å². The molecule has 4 heteroatoms. The Hall–Kier alpha value is -2.10. The number of benzene rings is 1. The number of carboxylic acids is 1. The highest BCUT2D eigenvalue weighted by Crippen LogP contribution is 2.15. The molecular weight excluding hydrogens is 218 g/mol. The lowest BCUT2D eigenvalue weighted by molar-refractivity contribution is -0.114. The Bertz CT molecular complexity index is 489. The van der Waals surface area contributed by atoms with E-state index in [1.807, 2.05) is 6.92 Å². The maximum atomic E-state index is 10.9. The van der Waals surface area contributed by atoms with Crippen molar-refractivity contribution in [3.05, 3.63) is 40.5 Å². The minimum atomic E-state index is -0.941. The first kappa shape index (κ1) is 13.0. The summed E-state index contributed by atoms with van der Waals surface area (Å²) in [5.74, 6) is -1.42. The molecule has 1 amide bonds. The maximum Gasteiger partial charge on any atom is 0.335 e. The molecule has 0 bridgehead atoms. The highest BCUT2D eigenvalue weighted by molar-refractivity contribution is 5.96. The summed E-state index contributed by atoms with van der Waals surface area (Å²) in [6.07, 6.45) is 2.27. The van der Waals surface area contributed by atoms with Gasteiger partial charge in [0.1, 0.15) is 0 Å². The van der Waals surface area contributed by atoms with Gasteiger partial charge in [0.25, 0.3) is 0 Å². The van der Waals surface area contributed by atoms with E-state index in [9.17, 15) is 9.59 Å². The number of aromatic carboxylic acids is 1. The molecule has 0 heterocycles. The van der Waals surface area contributed by atoms with Gasteiger partial charge in [0.05, 0.1) is 5.56 Å². The Morgan fingerprint density at radius 3 is 2.53 bits per heavy atom. The summed E-state index contributed by atoms with van der Waals surface area (Å²) < 4.78 is 0. The third-order valence-electron chi connectivity index (χ3n) is 2.51. The van der Waals surface area contributed by atoms with E-state index in [-0.39, 0.29) is 0 Å². The summed E-state index contributed by atoms with van der Waals surface area (Å²) in [6.45, 7) is 3.51. The molecule has 0 saturated heterocycles. The number of carbonyl (C=O) groups is 2. The second-order valence-electron chi connectivity index (χ2n) is 3.77.